The Balaban J connectivity index is 2.54. The van der Waals surface area contributed by atoms with Crippen molar-refractivity contribution in [3.8, 4) is 11.5 Å². The summed E-state index contributed by atoms with van der Waals surface area (Å²) < 4.78 is 11.3. The van der Waals surface area contributed by atoms with E-state index in [2.05, 4.69) is 26.0 Å². The molecule has 0 saturated carbocycles. The van der Waals surface area contributed by atoms with Gasteiger partial charge in [-0.25, -0.2) is 0 Å². The van der Waals surface area contributed by atoms with Crippen molar-refractivity contribution in [1.29, 1.82) is 0 Å². The first-order chi connectivity index (χ1) is 8.27. The highest BCUT2D eigenvalue weighted by Crippen LogP contribution is 2.28. The van der Waals surface area contributed by atoms with Crippen LogP contribution in [0.1, 0.15) is 32.3 Å². The van der Waals surface area contributed by atoms with Gasteiger partial charge in [-0.3, -0.25) is 0 Å². The third kappa shape index (κ3) is 4.94. The van der Waals surface area contributed by atoms with Gasteiger partial charge in [0.05, 0.1) is 13.2 Å². The van der Waals surface area contributed by atoms with Crippen molar-refractivity contribution in [2.45, 2.75) is 33.6 Å². The summed E-state index contributed by atoms with van der Waals surface area (Å²) in [7, 11) is 0. The molecule has 0 heterocycles. The van der Waals surface area contributed by atoms with Gasteiger partial charge in [0.2, 0.25) is 0 Å². The molecule has 0 amide bonds. The monoisotopic (exact) mass is 234 g/mol. The number of hydrogen-bond acceptors (Lipinski definition) is 2. The molecule has 1 aromatic carbocycles. The second-order valence-corrected chi connectivity index (χ2v) is 3.90. The Morgan fingerprint density at radius 3 is 2.59 bits per heavy atom. The van der Waals surface area contributed by atoms with Crippen molar-refractivity contribution < 1.29 is 9.47 Å². The van der Waals surface area contributed by atoms with Gasteiger partial charge in [0.25, 0.3) is 0 Å². The van der Waals surface area contributed by atoms with Crippen LogP contribution in [-0.2, 0) is 0 Å². The largest absolute Gasteiger partial charge is 0.490 e. The van der Waals surface area contributed by atoms with Gasteiger partial charge < -0.3 is 9.47 Å². The first-order valence-corrected chi connectivity index (χ1v) is 6.29. The van der Waals surface area contributed by atoms with Gasteiger partial charge in [-0.15, -0.1) is 0 Å². The van der Waals surface area contributed by atoms with E-state index >= 15 is 0 Å². The van der Waals surface area contributed by atoms with E-state index in [1.165, 1.54) is 5.56 Å². The Morgan fingerprint density at radius 1 is 1.06 bits per heavy atom. The number of aryl methyl sites for hydroxylation is 1. The molecule has 2 nitrogen and oxygen atoms in total. The molecule has 2 heteroatoms. The SMILES string of the molecule is CCC=CCCOc1ccc(C)cc1OCC. The van der Waals surface area contributed by atoms with Crippen LogP contribution in [0.15, 0.2) is 30.4 Å². The zero-order valence-corrected chi connectivity index (χ0v) is 11.0. The smallest absolute Gasteiger partial charge is 0.161 e. The molecule has 1 rings (SSSR count). The third-order valence-electron chi connectivity index (χ3n) is 2.34. The van der Waals surface area contributed by atoms with Crippen LogP contribution in [0.3, 0.4) is 0 Å². The molecule has 94 valence electrons. The van der Waals surface area contributed by atoms with Crippen LogP contribution < -0.4 is 9.47 Å². The van der Waals surface area contributed by atoms with Crippen molar-refractivity contribution in [2.75, 3.05) is 13.2 Å². The Kier molecular flexibility index (Phi) is 6.23. The number of benzene rings is 1. The van der Waals surface area contributed by atoms with Crippen LogP contribution in [-0.4, -0.2) is 13.2 Å². The normalized spacial score (nSPS) is 10.8. The van der Waals surface area contributed by atoms with E-state index in [1.807, 2.05) is 25.1 Å². The van der Waals surface area contributed by atoms with Gasteiger partial charge in [-0.05, 0) is 44.4 Å². The Hall–Kier alpha value is -1.44. The van der Waals surface area contributed by atoms with Gasteiger partial charge in [-0.1, -0.05) is 25.1 Å². The fourth-order valence-corrected chi connectivity index (χ4v) is 1.52. The van der Waals surface area contributed by atoms with Crippen LogP contribution in [0.25, 0.3) is 0 Å². The summed E-state index contributed by atoms with van der Waals surface area (Å²) in [6.45, 7) is 7.52. The fourth-order valence-electron chi connectivity index (χ4n) is 1.52. The van der Waals surface area contributed by atoms with Crippen molar-refractivity contribution in [3.05, 3.63) is 35.9 Å². The highest BCUT2D eigenvalue weighted by molar-refractivity contribution is 5.42. The molecular weight excluding hydrogens is 212 g/mol. The molecule has 0 N–H and O–H groups in total. The van der Waals surface area contributed by atoms with E-state index in [0.717, 1.165) is 24.3 Å². The van der Waals surface area contributed by atoms with E-state index in [1.54, 1.807) is 0 Å². The molecule has 0 unspecified atom stereocenters. The van der Waals surface area contributed by atoms with Crippen LogP contribution in [0.4, 0.5) is 0 Å². The fraction of sp³-hybridized carbons (Fsp3) is 0.467. The van der Waals surface area contributed by atoms with Gasteiger partial charge in [0, 0.05) is 0 Å². The average molecular weight is 234 g/mol. The molecule has 0 aliphatic carbocycles. The lowest BCUT2D eigenvalue weighted by Gasteiger charge is -2.11. The summed E-state index contributed by atoms with van der Waals surface area (Å²) in [6.07, 6.45) is 6.32. The molecule has 0 saturated heterocycles. The van der Waals surface area contributed by atoms with Crippen LogP contribution in [0.2, 0.25) is 0 Å². The van der Waals surface area contributed by atoms with E-state index in [9.17, 15) is 0 Å². The number of ether oxygens (including phenoxy) is 2. The van der Waals surface area contributed by atoms with Crippen LogP contribution in [0, 0.1) is 6.92 Å². The summed E-state index contributed by atoms with van der Waals surface area (Å²) in [5.41, 5.74) is 1.19. The van der Waals surface area contributed by atoms with E-state index in [0.29, 0.717) is 13.2 Å². The summed E-state index contributed by atoms with van der Waals surface area (Å²) in [5, 5.41) is 0. The lowest BCUT2D eigenvalue weighted by atomic mass is 10.2. The molecule has 17 heavy (non-hydrogen) atoms. The van der Waals surface area contributed by atoms with Crippen LogP contribution >= 0.6 is 0 Å². The maximum absolute atomic E-state index is 5.72. The molecule has 0 aliphatic rings. The molecule has 0 aliphatic heterocycles. The van der Waals surface area contributed by atoms with Crippen molar-refractivity contribution in [1.82, 2.24) is 0 Å². The number of rotatable bonds is 7. The van der Waals surface area contributed by atoms with Gasteiger partial charge in [0.15, 0.2) is 11.5 Å². The van der Waals surface area contributed by atoms with Crippen LogP contribution in [0.5, 0.6) is 11.5 Å². The maximum Gasteiger partial charge on any atom is 0.161 e. The molecule has 0 atom stereocenters. The predicted molar refractivity (Wildman–Crippen MR) is 71.9 cm³/mol. The lowest BCUT2D eigenvalue weighted by Crippen LogP contribution is -2.00. The summed E-state index contributed by atoms with van der Waals surface area (Å²) in [5.74, 6) is 1.68. The number of allylic oxidation sites excluding steroid dienone is 1. The second kappa shape index (κ2) is 7.77. The average Bonchev–Trinajstić information content (AvgIpc) is 2.32. The summed E-state index contributed by atoms with van der Waals surface area (Å²) >= 11 is 0. The minimum Gasteiger partial charge on any atom is -0.490 e. The molecule has 0 aromatic heterocycles. The quantitative estimate of drug-likeness (QED) is 0.521. The highest BCUT2D eigenvalue weighted by atomic mass is 16.5. The summed E-state index contributed by atoms with van der Waals surface area (Å²) in [4.78, 5) is 0. The van der Waals surface area contributed by atoms with E-state index < -0.39 is 0 Å². The molecule has 0 bridgehead atoms. The first-order valence-electron chi connectivity index (χ1n) is 6.29. The van der Waals surface area contributed by atoms with Gasteiger partial charge in [-0.2, -0.15) is 0 Å². The van der Waals surface area contributed by atoms with Gasteiger partial charge in [0.1, 0.15) is 0 Å². The zero-order chi connectivity index (χ0) is 12.5. The molecule has 0 spiro atoms. The molecule has 1 aromatic rings. The third-order valence-corrected chi connectivity index (χ3v) is 2.34. The standard InChI is InChI=1S/C15H22O2/c1-4-6-7-8-11-17-14-10-9-13(3)12-15(14)16-5-2/h6-7,9-10,12H,4-5,8,11H2,1-3H3. The molecule has 0 fully saturated rings. The number of hydrogen-bond donors (Lipinski definition) is 0. The topological polar surface area (TPSA) is 18.5 Å². The zero-order valence-electron chi connectivity index (χ0n) is 11.0. The highest BCUT2D eigenvalue weighted by Gasteiger charge is 2.04. The van der Waals surface area contributed by atoms with Gasteiger partial charge >= 0.3 is 0 Å². The molecule has 0 radical (unpaired) electrons. The maximum atomic E-state index is 5.72. The Morgan fingerprint density at radius 2 is 1.88 bits per heavy atom. The van der Waals surface area contributed by atoms with E-state index in [4.69, 9.17) is 9.47 Å². The Bertz CT molecular complexity index is 356. The van der Waals surface area contributed by atoms with Crippen molar-refractivity contribution in [2.24, 2.45) is 0 Å². The predicted octanol–water partition coefficient (Wildman–Crippen LogP) is 4.13. The van der Waals surface area contributed by atoms with Crippen molar-refractivity contribution >= 4 is 0 Å². The van der Waals surface area contributed by atoms with E-state index in [-0.39, 0.29) is 0 Å². The minimum absolute atomic E-state index is 0.662. The minimum atomic E-state index is 0.662. The molecular formula is C15H22O2. The Labute approximate surface area is 104 Å². The lowest BCUT2D eigenvalue weighted by molar-refractivity contribution is 0.280. The summed E-state index contributed by atoms with van der Waals surface area (Å²) in [6, 6.07) is 6.03. The first kappa shape index (κ1) is 13.6. The second-order valence-electron chi connectivity index (χ2n) is 3.90. The van der Waals surface area contributed by atoms with Crippen molar-refractivity contribution in [3.63, 3.8) is 0 Å².